The molecule has 0 aromatic heterocycles. The van der Waals surface area contributed by atoms with Gasteiger partial charge in [-0.05, 0) is 6.08 Å². The van der Waals surface area contributed by atoms with Gasteiger partial charge in [0.25, 0.3) is 0 Å². The molecule has 8 heavy (non-hydrogen) atoms. The molecule has 0 aromatic carbocycles. The van der Waals surface area contributed by atoms with Crippen LogP contribution in [-0.2, 0) is 14.6 Å². The van der Waals surface area contributed by atoms with E-state index in [0.29, 0.717) is 6.61 Å². The Hall–Kier alpha value is -0.670. The zero-order valence-electron chi connectivity index (χ0n) is 4.29. The maximum atomic E-state index is 10.4. The van der Waals surface area contributed by atoms with Crippen LogP contribution in [0.3, 0.4) is 0 Å². The Balaban J connectivity index is 2.44. The summed E-state index contributed by atoms with van der Waals surface area (Å²) in [5.74, 6) is -0.0532. The minimum Gasteiger partial charge on any atom is -0.292 e. The van der Waals surface area contributed by atoms with Crippen molar-refractivity contribution in [3.05, 3.63) is 12.2 Å². The number of ketones is 1. The minimum absolute atomic E-state index is 0.0382. The standard InChI is InChI=1S/C5H6O3/c6-5-2-1-3-7-8-4-5/h1-2H,3-4H2. The van der Waals surface area contributed by atoms with Crippen molar-refractivity contribution in [2.75, 3.05) is 13.2 Å². The second-order valence-corrected chi connectivity index (χ2v) is 1.42. The number of rotatable bonds is 0. The Kier molecular flexibility index (Phi) is 1.77. The van der Waals surface area contributed by atoms with Crippen LogP contribution < -0.4 is 0 Å². The van der Waals surface area contributed by atoms with Crippen LogP contribution in [0.1, 0.15) is 0 Å². The molecule has 1 rings (SSSR count). The Morgan fingerprint density at radius 2 is 2.38 bits per heavy atom. The summed E-state index contributed by atoms with van der Waals surface area (Å²) in [5, 5.41) is 0. The van der Waals surface area contributed by atoms with Crippen LogP contribution in [0.2, 0.25) is 0 Å². The summed E-state index contributed by atoms with van der Waals surface area (Å²) in [4.78, 5) is 19.2. The average molecular weight is 114 g/mol. The van der Waals surface area contributed by atoms with Crippen LogP contribution in [0, 0.1) is 0 Å². The van der Waals surface area contributed by atoms with Crippen LogP contribution in [0.25, 0.3) is 0 Å². The van der Waals surface area contributed by atoms with Crippen LogP contribution >= 0.6 is 0 Å². The lowest BCUT2D eigenvalue weighted by Gasteiger charge is -1.91. The minimum atomic E-state index is -0.0532. The van der Waals surface area contributed by atoms with Gasteiger partial charge in [-0.25, -0.2) is 9.78 Å². The molecule has 3 nitrogen and oxygen atoms in total. The summed E-state index contributed by atoms with van der Waals surface area (Å²) in [6.07, 6.45) is 3.07. The number of hydrogen-bond donors (Lipinski definition) is 0. The van der Waals surface area contributed by atoms with Crippen molar-refractivity contribution < 1.29 is 14.6 Å². The summed E-state index contributed by atoms with van der Waals surface area (Å²) in [6, 6.07) is 0. The third kappa shape index (κ3) is 1.44. The van der Waals surface area contributed by atoms with Gasteiger partial charge in [0.2, 0.25) is 0 Å². The van der Waals surface area contributed by atoms with Crippen molar-refractivity contribution in [3.8, 4) is 0 Å². The summed E-state index contributed by atoms with van der Waals surface area (Å²) in [7, 11) is 0. The lowest BCUT2D eigenvalue weighted by atomic mass is 10.4. The Labute approximate surface area is 46.8 Å². The summed E-state index contributed by atoms with van der Waals surface area (Å²) >= 11 is 0. The molecule has 0 saturated carbocycles. The summed E-state index contributed by atoms with van der Waals surface area (Å²) in [5.41, 5.74) is 0. The zero-order valence-corrected chi connectivity index (χ0v) is 4.29. The highest BCUT2D eigenvalue weighted by Crippen LogP contribution is 1.88. The van der Waals surface area contributed by atoms with E-state index in [1.807, 2.05) is 0 Å². The van der Waals surface area contributed by atoms with Gasteiger partial charge in [0.1, 0.15) is 13.2 Å². The fourth-order valence-corrected chi connectivity index (χ4v) is 0.415. The highest BCUT2D eigenvalue weighted by atomic mass is 17.2. The van der Waals surface area contributed by atoms with Crippen LogP contribution in [0.5, 0.6) is 0 Å². The number of carbonyl (C=O) groups is 1. The Morgan fingerprint density at radius 1 is 1.50 bits per heavy atom. The van der Waals surface area contributed by atoms with Gasteiger partial charge < -0.3 is 0 Å². The lowest BCUT2D eigenvalue weighted by molar-refractivity contribution is -0.278. The molecule has 3 heteroatoms. The van der Waals surface area contributed by atoms with E-state index in [-0.39, 0.29) is 12.4 Å². The largest absolute Gasteiger partial charge is 0.292 e. The highest BCUT2D eigenvalue weighted by Gasteiger charge is 1.99. The lowest BCUT2D eigenvalue weighted by Crippen LogP contribution is -2.01. The van der Waals surface area contributed by atoms with Crippen LogP contribution in [-0.4, -0.2) is 19.0 Å². The van der Waals surface area contributed by atoms with Crippen LogP contribution in [0.15, 0.2) is 12.2 Å². The molecule has 0 saturated heterocycles. The van der Waals surface area contributed by atoms with Gasteiger partial charge in [-0.2, -0.15) is 0 Å². The van der Waals surface area contributed by atoms with Gasteiger partial charge in [0.15, 0.2) is 5.78 Å². The Morgan fingerprint density at radius 3 is 3.25 bits per heavy atom. The molecular weight excluding hydrogens is 108 g/mol. The van der Waals surface area contributed by atoms with Gasteiger partial charge in [0.05, 0.1) is 0 Å². The fraction of sp³-hybridized carbons (Fsp3) is 0.400. The maximum absolute atomic E-state index is 10.4. The molecule has 0 N–H and O–H groups in total. The van der Waals surface area contributed by atoms with Gasteiger partial charge in [-0.15, -0.1) is 0 Å². The topological polar surface area (TPSA) is 35.5 Å². The molecule has 0 atom stereocenters. The smallest absolute Gasteiger partial charge is 0.184 e. The number of carbonyl (C=O) groups excluding carboxylic acids is 1. The van der Waals surface area contributed by atoms with E-state index in [1.165, 1.54) is 6.08 Å². The fourth-order valence-electron chi connectivity index (χ4n) is 0.415. The van der Waals surface area contributed by atoms with Gasteiger partial charge >= 0.3 is 0 Å². The molecule has 0 fully saturated rings. The molecule has 1 aliphatic rings. The zero-order chi connectivity index (χ0) is 5.82. The van der Waals surface area contributed by atoms with E-state index in [4.69, 9.17) is 0 Å². The molecule has 0 amide bonds. The molecule has 44 valence electrons. The molecule has 0 spiro atoms. The second-order valence-electron chi connectivity index (χ2n) is 1.42. The summed E-state index contributed by atoms with van der Waals surface area (Å²) in [6.45, 7) is 0.405. The van der Waals surface area contributed by atoms with E-state index in [9.17, 15) is 4.79 Å². The first-order valence-corrected chi connectivity index (χ1v) is 2.33. The van der Waals surface area contributed by atoms with E-state index >= 15 is 0 Å². The predicted octanol–water partition coefficient (Wildman–Crippen LogP) is 0.0735. The van der Waals surface area contributed by atoms with E-state index < -0.39 is 0 Å². The van der Waals surface area contributed by atoms with E-state index in [0.717, 1.165) is 0 Å². The molecule has 1 aliphatic heterocycles. The summed E-state index contributed by atoms with van der Waals surface area (Å²) < 4.78 is 0. The SMILES string of the molecule is O=C1C=CCOOC1. The molecular formula is C5H6O3. The van der Waals surface area contributed by atoms with Crippen molar-refractivity contribution in [3.63, 3.8) is 0 Å². The van der Waals surface area contributed by atoms with Crippen LogP contribution in [0.4, 0.5) is 0 Å². The maximum Gasteiger partial charge on any atom is 0.184 e. The Bertz CT molecular complexity index is 117. The van der Waals surface area contributed by atoms with Crippen molar-refractivity contribution in [1.82, 2.24) is 0 Å². The average Bonchev–Trinajstić information content (AvgIpc) is 1.94. The van der Waals surface area contributed by atoms with Crippen molar-refractivity contribution in [1.29, 1.82) is 0 Å². The highest BCUT2D eigenvalue weighted by molar-refractivity contribution is 5.90. The molecule has 1 heterocycles. The van der Waals surface area contributed by atoms with Crippen molar-refractivity contribution in [2.24, 2.45) is 0 Å². The molecule has 0 aromatic rings. The molecule has 0 radical (unpaired) electrons. The van der Waals surface area contributed by atoms with E-state index in [1.54, 1.807) is 6.08 Å². The quantitative estimate of drug-likeness (QED) is 0.418. The normalized spacial score (nSPS) is 20.8. The first-order chi connectivity index (χ1) is 3.89. The first kappa shape index (κ1) is 5.47. The third-order valence-electron chi connectivity index (χ3n) is 0.753. The van der Waals surface area contributed by atoms with Crippen molar-refractivity contribution >= 4 is 5.78 Å². The predicted molar refractivity (Wildman–Crippen MR) is 26.1 cm³/mol. The second kappa shape index (κ2) is 2.59. The number of hydrogen-bond acceptors (Lipinski definition) is 3. The monoisotopic (exact) mass is 114 g/mol. The molecule has 0 aliphatic carbocycles. The van der Waals surface area contributed by atoms with Gasteiger partial charge in [-0.1, -0.05) is 6.08 Å². The molecule has 0 unspecified atom stereocenters. The van der Waals surface area contributed by atoms with E-state index in [2.05, 4.69) is 9.78 Å². The first-order valence-electron chi connectivity index (χ1n) is 2.33. The van der Waals surface area contributed by atoms with Gasteiger partial charge in [0, 0.05) is 0 Å². The van der Waals surface area contributed by atoms with Gasteiger partial charge in [-0.3, -0.25) is 4.79 Å². The molecule has 0 bridgehead atoms. The van der Waals surface area contributed by atoms with Crippen molar-refractivity contribution in [2.45, 2.75) is 0 Å². The third-order valence-corrected chi connectivity index (χ3v) is 0.753.